The molecule has 1 atom stereocenters. The van der Waals surface area contributed by atoms with E-state index < -0.39 is 4.92 Å². The predicted octanol–water partition coefficient (Wildman–Crippen LogP) is 5.85. The van der Waals surface area contributed by atoms with E-state index in [2.05, 4.69) is 26.1 Å². The number of hydrogen-bond acceptors (Lipinski definition) is 6. The van der Waals surface area contributed by atoms with Crippen LogP contribution in [0.25, 0.3) is 11.3 Å². The summed E-state index contributed by atoms with van der Waals surface area (Å²) < 4.78 is 11.7. The average Bonchev–Trinajstić information content (AvgIpc) is 3.10. The van der Waals surface area contributed by atoms with Gasteiger partial charge >= 0.3 is 5.95 Å². The highest BCUT2D eigenvalue weighted by Crippen LogP contribution is 2.40. The molecule has 0 radical (unpaired) electrons. The summed E-state index contributed by atoms with van der Waals surface area (Å²) in [6.45, 7) is 8.59. The minimum atomic E-state index is -0.430. The maximum absolute atomic E-state index is 10.9. The Bertz CT molecular complexity index is 960. The van der Waals surface area contributed by atoms with Crippen molar-refractivity contribution in [1.29, 1.82) is 0 Å². The molecule has 0 saturated heterocycles. The van der Waals surface area contributed by atoms with Crippen LogP contribution in [0.3, 0.4) is 0 Å². The van der Waals surface area contributed by atoms with Crippen LogP contribution in [0.1, 0.15) is 39.6 Å². The molecule has 1 aromatic heterocycles. The summed E-state index contributed by atoms with van der Waals surface area (Å²) in [6, 6.07) is 15.9. The molecule has 0 spiro atoms. The van der Waals surface area contributed by atoms with Gasteiger partial charge in [0.25, 0.3) is 5.69 Å². The lowest BCUT2D eigenvalue weighted by atomic mass is 9.86. The first-order chi connectivity index (χ1) is 13.8. The summed E-state index contributed by atoms with van der Waals surface area (Å²) in [4.78, 5) is 15.2. The first-order valence-electron chi connectivity index (χ1n) is 9.49. The van der Waals surface area contributed by atoms with E-state index in [9.17, 15) is 10.1 Å². The standard InChI is InChI=1S/C22H25N3O4/c1-5-28-21-18(15-11-13-17(14-12-15)25(26)27)24-20(29-21)19(22(2,3)4)23-16-9-7-6-8-10-16/h6-14,19,23H,5H2,1-4H3/t19-/m0/s1. The maximum Gasteiger partial charge on any atom is 0.313 e. The number of nitro groups is 1. The third kappa shape index (κ3) is 4.74. The van der Waals surface area contributed by atoms with Gasteiger partial charge in [-0.3, -0.25) is 10.1 Å². The van der Waals surface area contributed by atoms with Crippen LogP contribution in [-0.4, -0.2) is 16.5 Å². The number of aromatic nitrogens is 1. The summed E-state index contributed by atoms with van der Waals surface area (Å²) in [5.41, 5.74) is 2.01. The Balaban J connectivity index is 2.01. The zero-order chi connectivity index (χ0) is 21.0. The summed E-state index contributed by atoms with van der Waals surface area (Å²) in [7, 11) is 0. The Morgan fingerprint density at radius 1 is 1.14 bits per heavy atom. The van der Waals surface area contributed by atoms with E-state index in [4.69, 9.17) is 14.1 Å². The number of anilines is 1. The number of para-hydroxylation sites is 1. The van der Waals surface area contributed by atoms with Crippen molar-refractivity contribution in [3.8, 4) is 17.2 Å². The number of oxazole rings is 1. The van der Waals surface area contributed by atoms with E-state index in [-0.39, 0.29) is 17.1 Å². The molecule has 7 heteroatoms. The summed E-state index contributed by atoms with van der Waals surface area (Å²) in [5, 5.41) is 14.4. The van der Waals surface area contributed by atoms with Gasteiger partial charge in [-0.25, -0.2) is 4.98 Å². The lowest BCUT2D eigenvalue weighted by Gasteiger charge is -2.29. The molecule has 1 heterocycles. The molecule has 0 bridgehead atoms. The molecule has 0 amide bonds. The molecular weight excluding hydrogens is 370 g/mol. The van der Waals surface area contributed by atoms with Crippen LogP contribution < -0.4 is 10.1 Å². The number of ether oxygens (including phenoxy) is 1. The first-order valence-corrected chi connectivity index (χ1v) is 9.49. The number of non-ortho nitro benzene ring substituents is 1. The molecular formula is C22H25N3O4. The Labute approximate surface area is 169 Å². The largest absolute Gasteiger partial charge is 0.464 e. The molecule has 0 saturated carbocycles. The molecule has 0 aliphatic rings. The highest BCUT2D eigenvalue weighted by atomic mass is 16.6. The molecule has 0 aliphatic carbocycles. The van der Waals surface area contributed by atoms with E-state index in [1.54, 1.807) is 12.1 Å². The van der Waals surface area contributed by atoms with Crippen molar-refractivity contribution < 1.29 is 14.1 Å². The molecule has 2 aromatic carbocycles. The monoisotopic (exact) mass is 395 g/mol. The van der Waals surface area contributed by atoms with E-state index in [0.717, 1.165) is 5.69 Å². The quantitative estimate of drug-likeness (QED) is 0.399. The molecule has 7 nitrogen and oxygen atoms in total. The van der Waals surface area contributed by atoms with Gasteiger partial charge in [-0.15, -0.1) is 0 Å². The summed E-state index contributed by atoms with van der Waals surface area (Å²) in [6.07, 6.45) is 0. The number of nitrogens with zero attached hydrogens (tertiary/aromatic N) is 2. The SMILES string of the molecule is CCOc1oc([C@H](Nc2ccccc2)C(C)(C)C)nc1-c1ccc([N+](=O)[O-])cc1. The van der Waals surface area contributed by atoms with Crippen LogP contribution in [0.4, 0.5) is 11.4 Å². The van der Waals surface area contributed by atoms with Gasteiger partial charge in [0.15, 0.2) is 5.69 Å². The predicted molar refractivity (Wildman–Crippen MR) is 112 cm³/mol. The van der Waals surface area contributed by atoms with Gasteiger partial charge in [0.2, 0.25) is 5.89 Å². The van der Waals surface area contributed by atoms with Crippen LogP contribution in [0.15, 0.2) is 59.0 Å². The highest BCUT2D eigenvalue weighted by Gasteiger charge is 2.32. The third-order valence-electron chi connectivity index (χ3n) is 4.44. The fourth-order valence-electron chi connectivity index (χ4n) is 2.95. The fraction of sp³-hybridized carbons (Fsp3) is 0.318. The van der Waals surface area contributed by atoms with Crippen molar-refractivity contribution in [2.24, 2.45) is 5.41 Å². The van der Waals surface area contributed by atoms with E-state index in [0.29, 0.717) is 29.7 Å². The van der Waals surface area contributed by atoms with Gasteiger partial charge in [0.1, 0.15) is 6.04 Å². The normalized spacial score (nSPS) is 12.4. The Morgan fingerprint density at radius 3 is 2.34 bits per heavy atom. The van der Waals surface area contributed by atoms with E-state index in [1.807, 2.05) is 37.3 Å². The lowest BCUT2D eigenvalue weighted by Crippen LogP contribution is -2.26. The molecule has 3 aromatic rings. The molecule has 0 unspecified atom stereocenters. The smallest absolute Gasteiger partial charge is 0.313 e. The Hall–Kier alpha value is -3.35. The fourth-order valence-corrected chi connectivity index (χ4v) is 2.95. The van der Waals surface area contributed by atoms with E-state index >= 15 is 0 Å². The molecule has 0 aliphatic heterocycles. The number of hydrogen-bond donors (Lipinski definition) is 1. The molecule has 152 valence electrons. The van der Waals surface area contributed by atoms with Crippen LogP contribution in [0.5, 0.6) is 5.95 Å². The lowest BCUT2D eigenvalue weighted by molar-refractivity contribution is -0.384. The van der Waals surface area contributed by atoms with Crippen molar-refractivity contribution in [2.75, 3.05) is 11.9 Å². The topological polar surface area (TPSA) is 90.4 Å². The Morgan fingerprint density at radius 2 is 1.79 bits per heavy atom. The Kier molecular flexibility index (Phi) is 5.87. The van der Waals surface area contributed by atoms with Crippen molar-refractivity contribution >= 4 is 11.4 Å². The molecule has 1 N–H and O–H groups in total. The molecule has 0 fully saturated rings. The van der Waals surface area contributed by atoms with Crippen molar-refractivity contribution in [1.82, 2.24) is 4.98 Å². The number of rotatable bonds is 7. The van der Waals surface area contributed by atoms with Gasteiger partial charge in [0.05, 0.1) is 11.5 Å². The highest BCUT2D eigenvalue weighted by molar-refractivity contribution is 5.65. The van der Waals surface area contributed by atoms with Crippen LogP contribution in [0.2, 0.25) is 0 Å². The van der Waals surface area contributed by atoms with Gasteiger partial charge < -0.3 is 14.5 Å². The van der Waals surface area contributed by atoms with Crippen molar-refractivity contribution in [3.63, 3.8) is 0 Å². The van der Waals surface area contributed by atoms with Gasteiger partial charge in [-0.05, 0) is 36.6 Å². The second-order valence-electron chi connectivity index (χ2n) is 7.73. The number of benzene rings is 2. The molecule has 29 heavy (non-hydrogen) atoms. The maximum atomic E-state index is 10.9. The minimum absolute atomic E-state index is 0.0220. The van der Waals surface area contributed by atoms with Crippen LogP contribution in [0, 0.1) is 15.5 Å². The van der Waals surface area contributed by atoms with Crippen LogP contribution >= 0.6 is 0 Å². The average molecular weight is 395 g/mol. The summed E-state index contributed by atoms with van der Waals surface area (Å²) in [5.74, 6) is 0.804. The second-order valence-corrected chi connectivity index (χ2v) is 7.73. The number of nitrogens with one attached hydrogen (secondary N) is 1. The molecule has 3 rings (SSSR count). The minimum Gasteiger partial charge on any atom is -0.464 e. The van der Waals surface area contributed by atoms with Gasteiger partial charge in [-0.2, -0.15) is 0 Å². The van der Waals surface area contributed by atoms with Crippen molar-refractivity contribution in [2.45, 2.75) is 33.7 Å². The summed E-state index contributed by atoms with van der Waals surface area (Å²) >= 11 is 0. The van der Waals surface area contributed by atoms with Gasteiger partial charge in [0, 0.05) is 23.4 Å². The zero-order valence-electron chi connectivity index (χ0n) is 17.0. The third-order valence-corrected chi connectivity index (χ3v) is 4.44. The van der Waals surface area contributed by atoms with E-state index in [1.165, 1.54) is 12.1 Å². The zero-order valence-corrected chi connectivity index (χ0v) is 17.0. The van der Waals surface area contributed by atoms with Crippen molar-refractivity contribution in [3.05, 3.63) is 70.6 Å². The second kappa shape index (κ2) is 8.34. The van der Waals surface area contributed by atoms with Crippen LogP contribution in [-0.2, 0) is 0 Å². The van der Waals surface area contributed by atoms with Gasteiger partial charge in [-0.1, -0.05) is 39.0 Å². The number of nitro benzene ring substituents is 1. The first kappa shape index (κ1) is 20.4.